The Morgan fingerprint density at radius 1 is 1.07 bits per heavy atom. The first kappa shape index (κ1) is 15.1. The molecule has 0 aliphatic rings. The van der Waals surface area contributed by atoms with Crippen molar-refractivity contribution in [2.24, 2.45) is 0 Å². The van der Waals surface area contributed by atoms with E-state index in [0.29, 0.717) is 13.2 Å². The molecule has 0 bridgehead atoms. The summed E-state index contributed by atoms with van der Waals surface area (Å²) in [5.41, 5.74) is 0. The molecule has 0 rings (SSSR count). The maximum absolute atomic E-state index is 12.4. The third kappa shape index (κ3) is 10.4. The standard InChI is InChI=1S/C7H17F2O5P/c1-3-12-5-7(6-13-4-2)14-15(8,9,10)11/h7,10-11H,3-6H2,1-2H3. The van der Waals surface area contributed by atoms with Crippen LogP contribution >= 0.6 is 7.91 Å². The van der Waals surface area contributed by atoms with Crippen LogP contribution in [0.5, 0.6) is 0 Å². The van der Waals surface area contributed by atoms with E-state index in [9.17, 15) is 8.39 Å². The summed E-state index contributed by atoms with van der Waals surface area (Å²) >= 11 is 0. The average molecular weight is 250 g/mol. The van der Waals surface area contributed by atoms with E-state index in [0.717, 1.165) is 0 Å². The Bertz CT molecular complexity index is 167. The summed E-state index contributed by atoms with van der Waals surface area (Å²) in [6.07, 6.45) is -1.19. The van der Waals surface area contributed by atoms with Gasteiger partial charge in [-0.2, -0.15) is 0 Å². The SMILES string of the molecule is CCOCC(COCC)OP(O)(O)(F)F. The van der Waals surface area contributed by atoms with Gasteiger partial charge in [0, 0.05) is 0 Å². The molecule has 0 aromatic carbocycles. The van der Waals surface area contributed by atoms with Crippen molar-refractivity contribution in [1.29, 1.82) is 0 Å². The van der Waals surface area contributed by atoms with Crippen molar-refractivity contribution in [3.8, 4) is 0 Å². The predicted octanol–water partition coefficient (Wildman–Crippen LogP) is 1.50. The second-order valence-electron chi connectivity index (χ2n) is 2.80. The van der Waals surface area contributed by atoms with Gasteiger partial charge in [0.05, 0.1) is 0 Å². The van der Waals surface area contributed by atoms with Crippen molar-refractivity contribution < 1.29 is 32.2 Å². The molecule has 0 aliphatic heterocycles. The molecule has 94 valence electrons. The first-order chi connectivity index (χ1) is 6.74. The van der Waals surface area contributed by atoms with Crippen molar-refractivity contribution in [3.63, 3.8) is 0 Å². The van der Waals surface area contributed by atoms with Crippen LogP contribution in [-0.2, 0) is 14.0 Å². The summed E-state index contributed by atoms with van der Waals surface area (Å²) in [6, 6.07) is 0. The van der Waals surface area contributed by atoms with Gasteiger partial charge in [0.25, 0.3) is 0 Å². The van der Waals surface area contributed by atoms with E-state index in [1.165, 1.54) is 0 Å². The fraction of sp³-hybridized carbons (Fsp3) is 1.00. The molecular formula is C7H17F2O5P. The van der Waals surface area contributed by atoms with E-state index in [4.69, 9.17) is 19.3 Å². The van der Waals surface area contributed by atoms with Crippen LogP contribution in [0.25, 0.3) is 0 Å². The number of halogens is 2. The van der Waals surface area contributed by atoms with Crippen LogP contribution in [0.4, 0.5) is 8.39 Å². The van der Waals surface area contributed by atoms with Gasteiger partial charge in [-0.1, -0.05) is 0 Å². The molecule has 0 spiro atoms. The Hall–Kier alpha value is 0.0900. The normalized spacial score (nSPS) is 15.3. The first-order valence-corrected chi connectivity index (χ1v) is 6.38. The molecule has 0 aromatic heterocycles. The molecule has 5 nitrogen and oxygen atoms in total. The van der Waals surface area contributed by atoms with E-state index in [-0.39, 0.29) is 13.2 Å². The molecule has 8 heteroatoms. The van der Waals surface area contributed by atoms with Gasteiger partial charge in [-0.15, -0.1) is 0 Å². The maximum atomic E-state index is 12.4. The Morgan fingerprint density at radius 3 is 1.73 bits per heavy atom. The molecule has 0 heterocycles. The number of hydrogen-bond donors (Lipinski definition) is 2. The molecule has 0 unspecified atom stereocenters. The van der Waals surface area contributed by atoms with Gasteiger partial charge in [0.15, 0.2) is 0 Å². The van der Waals surface area contributed by atoms with Crippen LogP contribution in [0, 0.1) is 0 Å². The Morgan fingerprint density at radius 2 is 1.47 bits per heavy atom. The number of ether oxygens (including phenoxy) is 2. The average Bonchev–Trinajstić information content (AvgIpc) is 2.06. The van der Waals surface area contributed by atoms with Gasteiger partial charge in [0.2, 0.25) is 0 Å². The van der Waals surface area contributed by atoms with Crippen LogP contribution in [0.1, 0.15) is 13.8 Å². The Balaban J connectivity index is 4.12. The van der Waals surface area contributed by atoms with Crippen LogP contribution in [0.2, 0.25) is 0 Å². The zero-order valence-electron chi connectivity index (χ0n) is 8.73. The van der Waals surface area contributed by atoms with E-state index in [2.05, 4.69) is 4.52 Å². The fourth-order valence-electron chi connectivity index (χ4n) is 0.854. The summed E-state index contributed by atoms with van der Waals surface area (Å²) in [4.78, 5) is 16.5. The van der Waals surface area contributed by atoms with Crippen LogP contribution in [-0.4, -0.2) is 42.3 Å². The van der Waals surface area contributed by atoms with Crippen molar-refractivity contribution in [2.45, 2.75) is 20.0 Å². The third-order valence-corrected chi connectivity index (χ3v) is 1.98. The predicted molar refractivity (Wildman–Crippen MR) is 51.4 cm³/mol. The van der Waals surface area contributed by atoms with E-state index < -0.39 is 14.0 Å². The molecule has 0 aromatic rings. The molecular weight excluding hydrogens is 233 g/mol. The minimum atomic E-state index is -6.94. The van der Waals surface area contributed by atoms with Crippen molar-refractivity contribution in [2.75, 3.05) is 26.4 Å². The van der Waals surface area contributed by atoms with Crippen molar-refractivity contribution in [1.82, 2.24) is 0 Å². The zero-order valence-corrected chi connectivity index (χ0v) is 9.62. The second kappa shape index (κ2) is 5.98. The molecule has 0 atom stereocenters. The first-order valence-electron chi connectivity index (χ1n) is 4.54. The van der Waals surface area contributed by atoms with E-state index in [1.807, 2.05) is 0 Å². The summed E-state index contributed by atoms with van der Waals surface area (Å²) < 4.78 is 38.4. The van der Waals surface area contributed by atoms with E-state index in [1.54, 1.807) is 13.8 Å². The molecule has 0 saturated carbocycles. The minimum absolute atomic E-state index is 0.177. The molecule has 0 saturated heterocycles. The molecule has 15 heavy (non-hydrogen) atoms. The number of rotatable bonds is 8. The van der Waals surface area contributed by atoms with Gasteiger partial charge in [-0.05, 0) is 0 Å². The van der Waals surface area contributed by atoms with E-state index >= 15 is 0 Å². The molecule has 0 radical (unpaired) electrons. The molecule has 0 amide bonds. The second-order valence-corrected chi connectivity index (χ2v) is 4.53. The molecule has 0 fully saturated rings. The summed E-state index contributed by atoms with van der Waals surface area (Å²) in [5.74, 6) is 0. The monoisotopic (exact) mass is 250 g/mol. The van der Waals surface area contributed by atoms with Gasteiger partial charge in [-0.25, -0.2) is 0 Å². The number of hydrogen-bond acceptors (Lipinski definition) is 5. The van der Waals surface area contributed by atoms with Crippen molar-refractivity contribution in [3.05, 3.63) is 0 Å². The fourth-order valence-corrected chi connectivity index (χ4v) is 1.47. The molecule has 0 aliphatic carbocycles. The van der Waals surface area contributed by atoms with Gasteiger partial charge < -0.3 is 0 Å². The topological polar surface area (TPSA) is 68.2 Å². The summed E-state index contributed by atoms with van der Waals surface area (Å²) in [5, 5.41) is 0. The van der Waals surface area contributed by atoms with Gasteiger partial charge >= 0.3 is 86.5 Å². The zero-order chi connectivity index (χ0) is 12.0. The van der Waals surface area contributed by atoms with Crippen LogP contribution in [0.3, 0.4) is 0 Å². The van der Waals surface area contributed by atoms with Crippen LogP contribution < -0.4 is 0 Å². The third-order valence-electron chi connectivity index (χ3n) is 1.34. The summed E-state index contributed by atoms with van der Waals surface area (Å²) in [6.45, 7) is 3.64. The Labute approximate surface area is 87.4 Å². The molecule has 2 N–H and O–H groups in total. The van der Waals surface area contributed by atoms with Crippen LogP contribution in [0.15, 0.2) is 0 Å². The van der Waals surface area contributed by atoms with Crippen molar-refractivity contribution >= 4 is 7.91 Å². The van der Waals surface area contributed by atoms with Gasteiger partial charge in [-0.3, -0.25) is 0 Å². The van der Waals surface area contributed by atoms with Gasteiger partial charge in [0.1, 0.15) is 0 Å². The Kier molecular flexibility index (Phi) is 6.02. The quantitative estimate of drug-likeness (QED) is 0.639. The summed E-state index contributed by atoms with van der Waals surface area (Å²) in [7, 11) is -6.94.